The maximum atomic E-state index is 10.4. The number of hydrogen-bond donors (Lipinski definition) is 1. The SMILES string of the molecule is CC.CCC(C)c1cccc(Cl)c1-c1cc(C(O)c2cccnc2)on1. The lowest BCUT2D eigenvalue weighted by Crippen LogP contribution is -1.98. The largest absolute Gasteiger partial charge is 0.380 e. The molecule has 3 aromatic rings. The molecule has 0 fully saturated rings. The zero-order chi connectivity index (χ0) is 19.1. The molecule has 5 heteroatoms. The van der Waals surface area contributed by atoms with E-state index in [-0.39, 0.29) is 0 Å². The van der Waals surface area contributed by atoms with Gasteiger partial charge in [-0.05, 0) is 30.0 Å². The first-order valence-corrected chi connectivity index (χ1v) is 9.33. The second kappa shape index (κ2) is 9.51. The van der Waals surface area contributed by atoms with Crippen LogP contribution in [0.1, 0.15) is 63.0 Å². The first-order valence-electron chi connectivity index (χ1n) is 8.95. The van der Waals surface area contributed by atoms with Crippen LogP contribution in [-0.4, -0.2) is 15.2 Å². The smallest absolute Gasteiger partial charge is 0.170 e. The second-order valence-corrected chi connectivity index (χ2v) is 6.22. The van der Waals surface area contributed by atoms with Crippen LogP contribution in [0.4, 0.5) is 0 Å². The van der Waals surface area contributed by atoms with Gasteiger partial charge in [-0.15, -0.1) is 0 Å². The average molecular weight is 373 g/mol. The zero-order valence-corrected chi connectivity index (χ0v) is 16.4. The van der Waals surface area contributed by atoms with Gasteiger partial charge >= 0.3 is 0 Å². The molecule has 1 N–H and O–H groups in total. The molecule has 0 saturated carbocycles. The molecule has 0 amide bonds. The van der Waals surface area contributed by atoms with E-state index in [4.69, 9.17) is 16.1 Å². The van der Waals surface area contributed by atoms with Crippen LogP contribution in [0.25, 0.3) is 11.3 Å². The van der Waals surface area contributed by atoms with E-state index in [1.807, 2.05) is 26.0 Å². The molecule has 0 bridgehead atoms. The second-order valence-electron chi connectivity index (χ2n) is 5.82. The van der Waals surface area contributed by atoms with E-state index < -0.39 is 6.10 Å². The minimum Gasteiger partial charge on any atom is -0.380 e. The van der Waals surface area contributed by atoms with E-state index in [9.17, 15) is 5.11 Å². The van der Waals surface area contributed by atoms with Crippen LogP contribution in [0.3, 0.4) is 0 Å². The molecule has 2 aromatic heterocycles. The summed E-state index contributed by atoms with van der Waals surface area (Å²) in [7, 11) is 0. The van der Waals surface area contributed by atoms with Gasteiger partial charge in [0, 0.05) is 29.6 Å². The van der Waals surface area contributed by atoms with Crippen molar-refractivity contribution in [2.24, 2.45) is 0 Å². The van der Waals surface area contributed by atoms with Crippen LogP contribution in [0.15, 0.2) is 53.3 Å². The molecule has 2 unspecified atom stereocenters. The highest BCUT2D eigenvalue weighted by atomic mass is 35.5. The Morgan fingerprint density at radius 3 is 2.62 bits per heavy atom. The van der Waals surface area contributed by atoms with Crippen LogP contribution >= 0.6 is 11.6 Å². The molecule has 4 nitrogen and oxygen atoms in total. The quantitative estimate of drug-likeness (QED) is 0.595. The van der Waals surface area contributed by atoms with Gasteiger partial charge in [-0.2, -0.15) is 0 Å². The Balaban J connectivity index is 0.00000117. The highest BCUT2D eigenvalue weighted by Crippen LogP contribution is 2.37. The summed E-state index contributed by atoms with van der Waals surface area (Å²) in [6.07, 6.45) is 3.35. The summed E-state index contributed by atoms with van der Waals surface area (Å²) in [5, 5.41) is 15.2. The fourth-order valence-corrected chi connectivity index (χ4v) is 2.96. The van der Waals surface area contributed by atoms with E-state index >= 15 is 0 Å². The van der Waals surface area contributed by atoms with Crippen molar-refractivity contribution in [1.82, 2.24) is 10.1 Å². The van der Waals surface area contributed by atoms with Crippen LogP contribution in [0, 0.1) is 0 Å². The van der Waals surface area contributed by atoms with E-state index in [0.29, 0.717) is 28.0 Å². The van der Waals surface area contributed by atoms with E-state index in [0.717, 1.165) is 17.5 Å². The van der Waals surface area contributed by atoms with Crippen molar-refractivity contribution in [2.45, 2.75) is 46.1 Å². The van der Waals surface area contributed by atoms with Crippen molar-refractivity contribution >= 4 is 11.6 Å². The van der Waals surface area contributed by atoms with Crippen molar-refractivity contribution in [3.05, 3.63) is 70.7 Å². The average Bonchev–Trinajstić information content (AvgIpc) is 3.18. The van der Waals surface area contributed by atoms with Crippen LogP contribution in [0.5, 0.6) is 0 Å². The number of hydrogen-bond acceptors (Lipinski definition) is 4. The molecule has 1 aromatic carbocycles. The molecule has 138 valence electrons. The number of aliphatic hydroxyl groups excluding tert-OH is 1. The molecule has 0 aliphatic carbocycles. The fourth-order valence-electron chi connectivity index (χ4n) is 2.68. The topological polar surface area (TPSA) is 59.2 Å². The van der Waals surface area contributed by atoms with Gasteiger partial charge in [0.25, 0.3) is 0 Å². The van der Waals surface area contributed by atoms with Gasteiger partial charge in [0.2, 0.25) is 0 Å². The van der Waals surface area contributed by atoms with Crippen LogP contribution in [0.2, 0.25) is 5.02 Å². The molecule has 2 atom stereocenters. The summed E-state index contributed by atoms with van der Waals surface area (Å²) >= 11 is 6.42. The minimum absolute atomic E-state index is 0.349. The Hall–Kier alpha value is -2.17. The number of pyridine rings is 1. The number of aliphatic hydroxyl groups is 1. The zero-order valence-electron chi connectivity index (χ0n) is 15.6. The summed E-state index contributed by atoms with van der Waals surface area (Å²) in [5.41, 5.74) is 3.28. The van der Waals surface area contributed by atoms with Gasteiger partial charge < -0.3 is 9.63 Å². The van der Waals surface area contributed by atoms with Gasteiger partial charge in [-0.1, -0.05) is 62.7 Å². The van der Waals surface area contributed by atoms with Gasteiger partial charge in [-0.25, -0.2) is 0 Å². The van der Waals surface area contributed by atoms with Crippen LogP contribution in [-0.2, 0) is 0 Å². The van der Waals surface area contributed by atoms with Crippen molar-refractivity contribution in [2.75, 3.05) is 0 Å². The molecule has 0 saturated heterocycles. The summed E-state index contributed by atoms with van der Waals surface area (Å²) < 4.78 is 5.37. The Kier molecular flexibility index (Phi) is 7.37. The van der Waals surface area contributed by atoms with Gasteiger partial charge in [0.05, 0.1) is 5.02 Å². The number of nitrogens with zero attached hydrogens (tertiary/aromatic N) is 2. The molecule has 0 radical (unpaired) electrons. The van der Waals surface area contributed by atoms with Crippen molar-refractivity contribution < 1.29 is 9.63 Å². The fraction of sp³-hybridized carbons (Fsp3) is 0.333. The third kappa shape index (κ3) is 4.32. The Labute approximate surface area is 159 Å². The van der Waals surface area contributed by atoms with Gasteiger partial charge in [0.15, 0.2) is 5.76 Å². The molecular formula is C21H25ClN2O2. The van der Waals surface area contributed by atoms with Crippen LogP contribution < -0.4 is 0 Å². The standard InChI is InChI=1S/C19H19ClN2O2.C2H6/c1-3-12(2)14-7-4-8-15(20)18(14)16-10-17(24-22-16)19(23)13-6-5-9-21-11-13;1-2/h4-12,19,23H,3H2,1-2H3;1-2H3. The lowest BCUT2D eigenvalue weighted by molar-refractivity contribution is 0.176. The molecular weight excluding hydrogens is 348 g/mol. The number of halogens is 1. The lowest BCUT2D eigenvalue weighted by atomic mass is 9.92. The molecule has 3 rings (SSSR count). The van der Waals surface area contributed by atoms with Crippen molar-refractivity contribution in [3.8, 4) is 11.3 Å². The third-order valence-corrected chi connectivity index (χ3v) is 4.56. The minimum atomic E-state index is -0.908. The van der Waals surface area contributed by atoms with E-state index in [1.165, 1.54) is 0 Å². The highest BCUT2D eigenvalue weighted by Gasteiger charge is 2.21. The monoisotopic (exact) mass is 372 g/mol. The van der Waals surface area contributed by atoms with Gasteiger partial charge in [-0.3, -0.25) is 4.98 Å². The maximum Gasteiger partial charge on any atom is 0.170 e. The highest BCUT2D eigenvalue weighted by molar-refractivity contribution is 6.33. The molecule has 0 aliphatic rings. The first kappa shape index (κ1) is 20.1. The summed E-state index contributed by atoms with van der Waals surface area (Å²) in [4.78, 5) is 4.02. The molecule has 0 spiro atoms. The maximum absolute atomic E-state index is 10.4. The van der Waals surface area contributed by atoms with E-state index in [2.05, 4.69) is 30.1 Å². The summed E-state index contributed by atoms with van der Waals surface area (Å²) in [6.45, 7) is 8.29. The normalized spacial score (nSPS) is 12.8. The Morgan fingerprint density at radius 1 is 1.19 bits per heavy atom. The first-order chi connectivity index (χ1) is 12.6. The number of benzene rings is 1. The van der Waals surface area contributed by atoms with Crippen molar-refractivity contribution in [3.63, 3.8) is 0 Å². The predicted molar refractivity (Wildman–Crippen MR) is 105 cm³/mol. The Morgan fingerprint density at radius 2 is 1.96 bits per heavy atom. The molecule has 2 heterocycles. The lowest BCUT2D eigenvalue weighted by Gasteiger charge is -2.14. The predicted octanol–water partition coefficient (Wildman–Crippen LogP) is 6.01. The molecule has 0 aliphatic heterocycles. The molecule has 26 heavy (non-hydrogen) atoms. The number of rotatable bonds is 5. The van der Waals surface area contributed by atoms with E-state index in [1.54, 1.807) is 30.6 Å². The third-order valence-electron chi connectivity index (χ3n) is 4.24. The summed E-state index contributed by atoms with van der Waals surface area (Å²) in [6, 6.07) is 11.1. The number of aromatic nitrogens is 2. The van der Waals surface area contributed by atoms with Crippen molar-refractivity contribution in [1.29, 1.82) is 0 Å². The Bertz CT molecular complexity index is 818. The van der Waals surface area contributed by atoms with Gasteiger partial charge in [0.1, 0.15) is 11.8 Å². The summed E-state index contributed by atoms with van der Waals surface area (Å²) in [5.74, 6) is 0.718.